The highest BCUT2D eigenvalue weighted by atomic mass is 32.2. The molecule has 0 radical (unpaired) electrons. The third-order valence-electron chi connectivity index (χ3n) is 5.51. The molecule has 6 nitrogen and oxygen atoms in total. The van der Waals surface area contributed by atoms with E-state index in [1.54, 1.807) is 37.4 Å². The molecule has 0 atom stereocenters. The summed E-state index contributed by atoms with van der Waals surface area (Å²) in [5.41, 5.74) is 0.0396. The average Bonchev–Trinajstić information content (AvgIpc) is 2.85. The average molecular weight is 475 g/mol. The molecule has 0 unspecified atom stereocenters. The SMILES string of the molecule is COc1ccccc1Cn1c(=O)c2c(O)c(Sc3ccc(F)cc3)c(=O)oc2c2ccccc21. The van der Waals surface area contributed by atoms with Crippen LogP contribution in [0.2, 0.25) is 0 Å². The van der Waals surface area contributed by atoms with Crippen LogP contribution < -0.4 is 15.9 Å². The molecule has 8 heteroatoms. The Balaban J connectivity index is 1.77. The van der Waals surface area contributed by atoms with Crippen molar-refractivity contribution in [2.45, 2.75) is 16.3 Å². The Hall–Kier alpha value is -4.04. The number of pyridine rings is 1. The second-order valence-corrected chi connectivity index (χ2v) is 8.63. The zero-order chi connectivity index (χ0) is 23.8. The van der Waals surface area contributed by atoms with Gasteiger partial charge in [0.25, 0.3) is 5.56 Å². The predicted octanol–water partition coefficient (Wildman–Crippen LogP) is 5.16. The van der Waals surface area contributed by atoms with Crippen LogP contribution in [0, 0.1) is 5.82 Å². The molecule has 0 bridgehead atoms. The zero-order valence-electron chi connectivity index (χ0n) is 17.9. The third kappa shape index (κ3) is 3.72. The minimum atomic E-state index is -0.786. The maximum Gasteiger partial charge on any atom is 0.354 e. The van der Waals surface area contributed by atoms with Crippen LogP contribution in [0.5, 0.6) is 11.5 Å². The monoisotopic (exact) mass is 475 g/mol. The Kier molecular flexibility index (Phi) is 5.59. The van der Waals surface area contributed by atoms with Crippen molar-refractivity contribution in [1.29, 1.82) is 0 Å². The second-order valence-electron chi connectivity index (χ2n) is 7.55. The molecule has 0 saturated carbocycles. The predicted molar refractivity (Wildman–Crippen MR) is 129 cm³/mol. The van der Waals surface area contributed by atoms with Crippen molar-refractivity contribution in [1.82, 2.24) is 4.57 Å². The molecule has 5 aromatic rings. The van der Waals surface area contributed by atoms with Gasteiger partial charge >= 0.3 is 5.63 Å². The Morgan fingerprint density at radius 2 is 1.71 bits per heavy atom. The van der Waals surface area contributed by atoms with Crippen molar-refractivity contribution < 1.29 is 18.7 Å². The van der Waals surface area contributed by atoms with E-state index in [-0.39, 0.29) is 22.4 Å². The summed E-state index contributed by atoms with van der Waals surface area (Å²) in [7, 11) is 1.56. The van der Waals surface area contributed by atoms with Crippen molar-refractivity contribution in [3.63, 3.8) is 0 Å². The van der Waals surface area contributed by atoms with Gasteiger partial charge in [0.05, 0.1) is 19.2 Å². The van der Waals surface area contributed by atoms with Gasteiger partial charge in [-0.05, 0) is 42.5 Å². The summed E-state index contributed by atoms with van der Waals surface area (Å²) in [6.07, 6.45) is 0. The van der Waals surface area contributed by atoms with Crippen LogP contribution in [0.3, 0.4) is 0 Å². The molecule has 1 N–H and O–H groups in total. The fourth-order valence-electron chi connectivity index (χ4n) is 3.91. The lowest BCUT2D eigenvalue weighted by Crippen LogP contribution is -2.23. The number of aromatic nitrogens is 1. The van der Waals surface area contributed by atoms with E-state index < -0.39 is 22.8 Å². The largest absolute Gasteiger partial charge is 0.505 e. The number of benzene rings is 3. The number of rotatable bonds is 5. The van der Waals surface area contributed by atoms with Crippen LogP contribution in [-0.2, 0) is 6.54 Å². The van der Waals surface area contributed by atoms with Gasteiger partial charge in [0.1, 0.15) is 21.8 Å². The van der Waals surface area contributed by atoms with E-state index in [1.165, 1.54) is 28.8 Å². The summed E-state index contributed by atoms with van der Waals surface area (Å²) in [5.74, 6) is -0.273. The van der Waals surface area contributed by atoms with E-state index in [1.807, 2.05) is 18.2 Å². The molecule has 0 aliphatic heterocycles. The normalized spacial score (nSPS) is 11.2. The van der Waals surface area contributed by atoms with Crippen molar-refractivity contribution in [3.8, 4) is 11.5 Å². The van der Waals surface area contributed by atoms with Crippen molar-refractivity contribution in [2.75, 3.05) is 7.11 Å². The number of fused-ring (bicyclic) bond motifs is 3. The van der Waals surface area contributed by atoms with E-state index in [9.17, 15) is 19.1 Å². The summed E-state index contributed by atoms with van der Waals surface area (Å²) in [5, 5.41) is 11.5. The number of halogens is 1. The highest BCUT2D eigenvalue weighted by molar-refractivity contribution is 7.99. The molecule has 0 fully saturated rings. The maximum absolute atomic E-state index is 13.7. The van der Waals surface area contributed by atoms with Gasteiger partial charge in [0.15, 0.2) is 11.3 Å². The molecule has 0 spiro atoms. The quantitative estimate of drug-likeness (QED) is 0.354. The topological polar surface area (TPSA) is 81.7 Å². The Morgan fingerprint density at radius 1 is 1.00 bits per heavy atom. The molecular formula is C26H18FNO5S. The summed E-state index contributed by atoms with van der Waals surface area (Å²) >= 11 is 0.903. The lowest BCUT2D eigenvalue weighted by atomic mass is 10.1. The smallest absolute Gasteiger partial charge is 0.354 e. The summed E-state index contributed by atoms with van der Waals surface area (Å²) in [6, 6.07) is 19.8. The number of hydrogen-bond donors (Lipinski definition) is 1. The number of hydrogen-bond acceptors (Lipinski definition) is 6. The minimum absolute atomic E-state index is 0.0165. The number of aromatic hydroxyl groups is 1. The lowest BCUT2D eigenvalue weighted by molar-refractivity contribution is 0.408. The van der Waals surface area contributed by atoms with Crippen molar-refractivity contribution >= 4 is 33.6 Å². The van der Waals surface area contributed by atoms with Crippen molar-refractivity contribution in [3.05, 3.63) is 105 Å². The van der Waals surface area contributed by atoms with Gasteiger partial charge in [0.2, 0.25) is 0 Å². The molecule has 0 aliphatic carbocycles. The van der Waals surface area contributed by atoms with E-state index in [0.29, 0.717) is 21.5 Å². The van der Waals surface area contributed by atoms with E-state index in [0.717, 1.165) is 17.3 Å². The lowest BCUT2D eigenvalue weighted by Gasteiger charge is -2.15. The van der Waals surface area contributed by atoms with Crippen LogP contribution in [0.4, 0.5) is 4.39 Å². The number of para-hydroxylation sites is 2. The molecule has 34 heavy (non-hydrogen) atoms. The molecule has 3 aromatic carbocycles. The van der Waals surface area contributed by atoms with E-state index in [4.69, 9.17) is 9.15 Å². The third-order valence-corrected chi connectivity index (χ3v) is 6.58. The summed E-state index contributed by atoms with van der Waals surface area (Å²) in [4.78, 5) is 26.8. The molecule has 0 aliphatic rings. The molecule has 2 aromatic heterocycles. The van der Waals surface area contributed by atoms with Gasteiger partial charge in [-0.2, -0.15) is 0 Å². The maximum atomic E-state index is 13.7. The number of nitrogens with zero attached hydrogens (tertiary/aromatic N) is 1. The zero-order valence-corrected chi connectivity index (χ0v) is 18.8. The van der Waals surface area contributed by atoms with Gasteiger partial charge in [-0.25, -0.2) is 9.18 Å². The highest BCUT2D eigenvalue weighted by Crippen LogP contribution is 2.37. The van der Waals surface area contributed by atoms with Gasteiger partial charge in [-0.1, -0.05) is 42.1 Å². The van der Waals surface area contributed by atoms with Gasteiger partial charge in [-0.3, -0.25) is 4.79 Å². The van der Waals surface area contributed by atoms with Crippen LogP contribution in [0.1, 0.15) is 5.56 Å². The summed E-state index contributed by atoms with van der Waals surface area (Å²) < 4.78 is 25.8. The summed E-state index contributed by atoms with van der Waals surface area (Å²) in [6.45, 7) is 0.179. The highest BCUT2D eigenvalue weighted by Gasteiger charge is 2.22. The molecule has 0 amide bonds. The van der Waals surface area contributed by atoms with Crippen molar-refractivity contribution in [2.24, 2.45) is 0 Å². The van der Waals surface area contributed by atoms with Crippen LogP contribution in [-0.4, -0.2) is 16.8 Å². The Morgan fingerprint density at radius 3 is 2.47 bits per heavy atom. The Labute approximate surface area is 196 Å². The van der Waals surface area contributed by atoms with Gasteiger partial charge in [-0.15, -0.1) is 0 Å². The van der Waals surface area contributed by atoms with Gasteiger partial charge < -0.3 is 18.8 Å². The van der Waals surface area contributed by atoms with Crippen LogP contribution in [0.25, 0.3) is 21.9 Å². The minimum Gasteiger partial charge on any atom is -0.505 e. The van der Waals surface area contributed by atoms with Gasteiger partial charge in [0, 0.05) is 15.8 Å². The first-order valence-electron chi connectivity index (χ1n) is 10.3. The fraction of sp³-hybridized carbons (Fsp3) is 0.0769. The number of methoxy groups -OCH3 is 1. The van der Waals surface area contributed by atoms with E-state index in [2.05, 4.69) is 0 Å². The second kappa shape index (κ2) is 8.72. The molecule has 170 valence electrons. The van der Waals surface area contributed by atoms with Crippen LogP contribution in [0.15, 0.2) is 96.6 Å². The Bertz CT molecular complexity index is 1660. The first-order valence-corrected chi connectivity index (χ1v) is 11.2. The molecule has 2 heterocycles. The molecule has 5 rings (SSSR count). The van der Waals surface area contributed by atoms with E-state index >= 15 is 0 Å². The standard InChI is InChI=1S/C26H18FNO5S/c1-32-20-9-5-2-6-15(20)14-28-19-8-4-3-7-18(19)23-21(25(28)30)22(29)24(26(31)33-23)34-17-12-10-16(27)11-13-17/h2-13,29H,14H2,1H3. The first-order chi connectivity index (χ1) is 16.5. The molecular weight excluding hydrogens is 457 g/mol. The van der Waals surface area contributed by atoms with Crippen LogP contribution >= 0.6 is 11.8 Å². The fourth-order valence-corrected chi connectivity index (χ4v) is 4.74. The first kappa shape index (κ1) is 21.8. The molecule has 0 saturated heterocycles. The number of ether oxygens (including phenoxy) is 1.